The molecule has 2 heteroatoms. The second-order valence-electron chi connectivity index (χ2n) is 4.86. The van der Waals surface area contributed by atoms with Gasteiger partial charge in [-0.05, 0) is 43.0 Å². The van der Waals surface area contributed by atoms with E-state index in [0.717, 1.165) is 28.8 Å². The van der Waals surface area contributed by atoms with Crippen LogP contribution in [-0.2, 0) is 12.8 Å². The molecule has 0 N–H and O–H groups in total. The number of hydrogen-bond acceptors (Lipinski definition) is 2. The molecule has 1 heterocycles. The molecule has 0 atom stereocenters. The highest BCUT2D eigenvalue weighted by molar-refractivity contribution is 5.98. The lowest BCUT2D eigenvalue weighted by molar-refractivity contribution is 0.0991. The fourth-order valence-electron chi connectivity index (χ4n) is 2.08. The van der Waals surface area contributed by atoms with Crippen LogP contribution < -0.4 is 0 Å². The number of Topliss-reactive ketones (excluding diaryl/α,β-unsaturated/α-hetero) is 1. The number of carbonyl (C=O) groups excluding carboxylic acids is 1. The summed E-state index contributed by atoms with van der Waals surface area (Å²) in [5.41, 5.74) is 5.06. The molecule has 2 nitrogen and oxygen atoms in total. The summed E-state index contributed by atoms with van der Waals surface area (Å²) in [4.78, 5) is 16.6. The molecule has 2 rings (SSSR count). The van der Waals surface area contributed by atoms with Crippen LogP contribution in [0.3, 0.4) is 0 Å². The molecular formula is C17H19NO. The Bertz CT molecular complexity index is 585. The van der Waals surface area contributed by atoms with Crippen LogP contribution in [0.25, 0.3) is 0 Å². The maximum atomic E-state index is 12.3. The number of aryl methyl sites for hydroxylation is 2. The molecule has 0 aliphatic rings. The molecule has 2 aromatic rings. The summed E-state index contributed by atoms with van der Waals surface area (Å²) < 4.78 is 0. The third kappa shape index (κ3) is 3.08. The first-order chi connectivity index (χ1) is 9.11. The number of hydrogen-bond donors (Lipinski definition) is 0. The summed E-state index contributed by atoms with van der Waals surface area (Å²) in [5, 5.41) is 0. The fourth-order valence-corrected chi connectivity index (χ4v) is 2.08. The van der Waals surface area contributed by atoms with Gasteiger partial charge in [0.25, 0.3) is 0 Å². The van der Waals surface area contributed by atoms with Crippen molar-refractivity contribution in [1.29, 1.82) is 0 Å². The maximum absolute atomic E-state index is 12.3. The third-order valence-electron chi connectivity index (χ3n) is 3.54. The number of nitrogens with zero attached hydrogens (tertiary/aromatic N) is 1. The topological polar surface area (TPSA) is 30.0 Å². The SMILES string of the molecule is CCc1ccc(CC(=O)c2cccc(C)c2C)nc1. The summed E-state index contributed by atoms with van der Waals surface area (Å²) in [6, 6.07) is 9.84. The van der Waals surface area contributed by atoms with Crippen molar-refractivity contribution in [1.82, 2.24) is 4.98 Å². The first kappa shape index (κ1) is 13.5. The molecule has 0 bridgehead atoms. The Morgan fingerprint density at radius 2 is 1.95 bits per heavy atom. The van der Waals surface area contributed by atoms with Crippen LogP contribution in [0.1, 0.15) is 39.7 Å². The second kappa shape index (κ2) is 5.79. The monoisotopic (exact) mass is 253 g/mol. The van der Waals surface area contributed by atoms with Gasteiger partial charge in [0, 0.05) is 17.5 Å². The second-order valence-corrected chi connectivity index (χ2v) is 4.86. The molecule has 0 fully saturated rings. The lowest BCUT2D eigenvalue weighted by Crippen LogP contribution is -2.07. The van der Waals surface area contributed by atoms with Crippen LogP contribution in [0.5, 0.6) is 0 Å². The van der Waals surface area contributed by atoms with Crippen molar-refractivity contribution in [3.05, 3.63) is 64.5 Å². The molecule has 98 valence electrons. The van der Waals surface area contributed by atoms with E-state index in [4.69, 9.17) is 0 Å². The van der Waals surface area contributed by atoms with Gasteiger partial charge in [-0.15, -0.1) is 0 Å². The average molecular weight is 253 g/mol. The van der Waals surface area contributed by atoms with Gasteiger partial charge in [0.05, 0.1) is 6.42 Å². The van der Waals surface area contributed by atoms with E-state index in [9.17, 15) is 4.79 Å². The van der Waals surface area contributed by atoms with Crippen molar-refractivity contribution < 1.29 is 4.79 Å². The maximum Gasteiger partial charge on any atom is 0.169 e. The van der Waals surface area contributed by atoms with Crippen molar-refractivity contribution in [2.24, 2.45) is 0 Å². The molecule has 0 amide bonds. The largest absolute Gasteiger partial charge is 0.294 e. The molecule has 1 aromatic carbocycles. The third-order valence-corrected chi connectivity index (χ3v) is 3.54. The Hall–Kier alpha value is -1.96. The van der Waals surface area contributed by atoms with E-state index >= 15 is 0 Å². The van der Waals surface area contributed by atoms with E-state index < -0.39 is 0 Å². The first-order valence-electron chi connectivity index (χ1n) is 6.65. The van der Waals surface area contributed by atoms with Gasteiger partial charge in [-0.25, -0.2) is 0 Å². The molecule has 19 heavy (non-hydrogen) atoms. The average Bonchev–Trinajstić information content (AvgIpc) is 2.42. The number of rotatable bonds is 4. The minimum absolute atomic E-state index is 0.137. The predicted octanol–water partition coefficient (Wildman–Crippen LogP) is 3.69. The summed E-state index contributed by atoms with van der Waals surface area (Å²) in [6.07, 6.45) is 3.19. The first-order valence-corrected chi connectivity index (χ1v) is 6.65. The number of pyridine rings is 1. The predicted molar refractivity (Wildman–Crippen MR) is 77.6 cm³/mol. The number of ketones is 1. The van der Waals surface area contributed by atoms with Gasteiger partial charge in [0.15, 0.2) is 5.78 Å². The van der Waals surface area contributed by atoms with Gasteiger partial charge in [0.1, 0.15) is 0 Å². The lowest BCUT2D eigenvalue weighted by Gasteiger charge is -2.07. The van der Waals surface area contributed by atoms with Crippen LogP contribution >= 0.6 is 0 Å². The zero-order valence-electron chi connectivity index (χ0n) is 11.7. The molecule has 0 aliphatic heterocycles. The highest BCUT2D eigenvalue weighted by atomic mass is 16.1. The molecular weight excluding hydrogens is 234 g/mol. The Labute approximate surface area is 114 Å². The summed E-state index contributed by atoms with van der Waals surface area (Å²) in [7, 11) is 0. The Morgan fingerprint density at radius 1 is 1.16 bits per heavy atom. The quantitative estimate of drug-likeness (QED) is 0.778. The van der Waals surface area contributed by atoms with Crippen LogP contribution in [-0.4, -0.2) is 10.8 Å². The molecule has 0 saturated carbocycles. The van der Waals surface area contributed by atoms with E-state index in [1.807, 2.05) is 50.4 Å². The van der Waals surface area contributed by atoms with Crippen molar-refractivity contribution in [2.75, 3.05) is 0 Å². The molecule has 0 unspecified atom stereocenters. The molecule has 0 aliphatic carbocycles. The minimum atomic E-state index is 0.137. The Balaban J connectivity index is 2.18. The zero-order chi connectivity index (χ0) is 13.8. The van der Waals surface area contributed by atoms with Crippen molar-refractivity contribution in [3.8, 4) is 0 Å². The lowest BCUT2D eigenvalue weighted by atomic mass is 9.98. The molecule has 0 saturated heterocycles. The Kier molecular flexibility index (Phi) is 4.10. The van der Waals surface area contributed by atoms with E-state index in [-0.39, 0.29) is 5.78 Å². The van der Waals surface area contributed by atoms with E-state index in [1.165, 1.54) is 5.56 Å². The van der Waals surface area contributed by atoms with E-state index in [2.05, 4.69) is 11.9 Å². The van der Waals surface area contributed by atoms with Crippen molar-refractivity contribution >= 4 is 5.78 Å². The molecule has 0 radical (unpaired) electrons. The van der Waals surface area contributed by atoms with Crippen LogP contribution in [0, 0.1) is 13.8 Å². The van der Waals surface area contributed by atoms with Crippen molar-refractivity contribution in [2.45, 2.75) is 33.6 Å². The van der Waals surface area contributed by atoms with Crippen molar-refractivity contribution in [3.63, 3.8) is 0 Å². The number of aromatic nitrogens is 1. The smallest absolute Gasteiger partial charge is 0.169 e. The highest BCUT2D eigenvalue weighted by Crippen LogP contribution is 2.15. The van der Waals surface area contributed by atoms with E-state index in [0.29, 0.717) is 6.42 Å². The standard InChI is InChI=1S/C17H19NO/c1-4-14-8-9-15(18-11-14)10-17(19)16-7-5-6-12(2)13(16)3/h5-9,11H,4,10H2,1-3H3. The van der Waals surface area contributed by atoms with Gasteiger partial charge in [-0.3, -0.25) is 9.78 Å². The summed E-state index contributed by atoms with van der Waals surface area (Å²) in [5.74, 6) is 0.137. The summed E-state index contributed by atoms with van der Waals surface area (Å²) in [6.45, 7) is 6.12. The minimum Gasteiger partial charge on any atom is -0.294 e. The van der Waals surface area contributed by atoms with Crippen LogP contribution in [0.2, 0.25) is 0 Å². The normalized spacial score (nSPS) is 10.5. The van der Waals surface area contributed by atoms with Crippen LogP contribution in [0.4, 0.5) is 0 Å². The van der Waals surface area contributed by atoms with Crippen LogP contribution in [0.15, 0.2) is 36.5 Å². The number of benzene rings is 1. The zero-order valence-corrected chi connectivity index (χ0v) is 11.7. The number of carbonyl (C=O) groups is 1. The van der Waals surface area contributed by atoms with Gasteiger partial charge < -0.3 is 0 Å². The van der Waals surface area contributed by atoms with Gasteiger partial charge in [0.2, 0.25) is 0 Å². The van der Waals surface area contributed by atoms with E-state index in [1.54, 1.807) is 0 Å². The highest BCUT2D eigenvalue weighted by Gasteiger charge is 2.11. The summed E-state index contributed by atoms with van der Waals surface area (Å²) >= 11 is 0. The molecule has 0 spiro atoms. The van der Waals surface area contributed by atoms with Gasteiger partial charge >= 0.3 is 0 Å². The molecule has 1 aromatic heterocycles. The fraction of sp³-hybridized carbons (Fsp3) is 0.294. The Morgan fingerprint density at radius 3 is 2.58 bits per heavy atom. The van der Waals surface area contributed by atoms with Gasteiger partial charge in [-0.2, -0.15) is 0 Å². The van der Waals surface area contributed by atoms with Gasteiger partial charge in [-0.1, -0.05) is 31.2 Å².